The fourth-order valence-corrected chi connectivity index (χ4v) is 4.06. The Bertz CT molecular complexity index is 854. The van der Waals surface area contributed by atoms with Gasteiger partial charge in [0.2, 0.25) is 0 Å². The van der Waals surface area contributed by atoms with Gasteiger partial charge in [0.25, 0.3) is 5.91 Å². The number of aryl methyl sites for hydroxylation is 1. The molecular weight excluding hydrogens is 382 g/mol. The average Bonchev–Trinajstić information content (AvgIpc) is 3.12. The maximum atomic E-state index is 13.3. The molecule has 1 aliphatic heterocycles. The largest absolute Gasteiger partial charge is 0.477 e. The zero-order valence-electron chi connectivity index (χ0n) is 18.6. The molecule has 6 heteroatoms. The minimum absolute atomic E-state index is 0.110. The van der Waals surface area contributed by atoms with Gasteiger partial charge in [-0.1, -0.05) is 27.7 Å². The number of nitrogens with one attached hydrogen (secondary N) is 1. The van der Waals surface area contributed by atoms with Crippen molar-refractivity contribution in [1.82, 2.24) is 15.3 Å². The van der Waals surface area contributed by atoms with E-state index >= 15 is 0 Å². The first-order valence-corrected chi connectivity index (χ1v) is 11.4. The highest BCUT2D eigenvalue weighted by Gasteiger charge is 2.47. The van der Waals surface area contributed by atoms with Crippen molar-refractivity contribution >= 4 is 17.7 Å². The van der Waals surface area contributed by atoms with Crippen LogP contribution in [-0.4, -0.2) is 27.2 Å². The highest BCUT2D eigenvalue weighted by atomic mass is 32.2. The van der Waals surface area contributed by atoms with E-state index in [9.17, 15) is 4.79 Å². The molecule has 1 N–H and O–H groups in total. The number of aromatic nitrogens is 2. The lowest BCUT2D eigenvalue weighted by Crippen LogP contribution is -2.55. The molecule has 2 aromatic heterocycles. The van der Waals surface area contributed by atoms with Crippen LogP contribution >= 0.6 is 11.8 Å². The predicted molar refractivity (Wildman–Crippen MR) is 119 cm³/mol. The van der Waals surface area contributed by atoms with Crippen LogP contribution in [0.2, 0.25) is 0 Å². The quantitative estimate of drug-likeness (QED) is 0.668. The Balaban J connectivity index is 0.00000145. The number of pyridine rings is 2. The minimum atomic E-state index is -0.900. The van der Waals surface area contributed by atoms with E-state index in [2.05, 4.69) is 22.2 Å². The van der Waals surface area contributed by atoms with Gasteiger partial charge in [0.05, 0.1) is 11.2 Å². The molecule has 0 spiro atoms. The Morgan fingerprint density at radius 3 is 2.55 bits per heavy atom. The number of nitrogens with zero attached hydrogens (tertiary/aromatic N) is 2. The van der Waals surface area contributed by atoms with E-state index in [0.717, 1.165) is 33.3 Å². The molecule has 3 heterocycles. The first-order chi connectivity index (χ1) is 13.8. The molecule has 1 atom stereocenters. The number of rotatable bonds is 6. The van der Waals surface area contributed by atoms with E-state index < -0.39 is 11.1 Å². The Morgan fingerprint density at radius 1 is 1.24 bits per heavy atom. The van der Waals surface area contributed by atoms with Crippen LogP contribution in [0, 0.1) is 6.92 Å². The summed E-state index contributed by atoms with van der Waals surface area (Å²) in [6.07, 6.45) is 4.65. The van der Waals surface area contributed by atoms with Crippen molar-refractivity contribution in [3.63, 3.8) is 0 Å². The van der Waals surface area contributed by atoms with Crippen molar-refractivity contribution in [2.75, 3.05) is 5.75 Å². The van der Waals surface area contributed by atoms with Gasteiger partial charge in [-0.25, -0.2) is 0 Å². The zero-order chi connectivity index (χ0) is 21.7. The summed E-state index contributed by atoms with van der Waals surface area (Å²) in [4.78, 5) is 23.3. The molecule has 0 bridgehead atoms. The number of carbonyl (C=O) groups excluding carboxylic acids is 1. The van der Waals surface area contributed by atoms with Gasteiger partial charge < -0.3 is 10.1 Å². The molecule has 0 radical (unpaired) electrons. The first kappa shape index (κ1) is 23.2. The lowest BCUT2D eigenvalue weighted by molar-refractivity contribution is -0.137. The summed E-state index contributed by atoms with van der Waals surface area (Å²) in [6.45, 7) is 14.0. The highest BCUT2D eigenvalue weighted by molar-refractivity contribution is 7.99. The molecule has 5 nitrogen and oxygen atoms in total. The van der Waals surface area contributed by atoms with E-state index in [1.165, 1.54) is 0 Å². The number of carbonyl (C=O) groups is 1. The van der Waals surface area contributed by atoms with Crippen molar-refractivity contribution in [2.24, 2.45) is 0 Å². The molecular formula is C23H33N3O2S. The summed E-state index contributed by atoms with van der Waals surface area (Å²) in [5.74, 6) is 1.65. The third-order valence-corrected chi connectivity index (χ3v) is 5.97. The van der Waals surface area contributed by atoms with Gasteiger partial charge in [-0.3, -0.25) is 14.8 Å². The van der Waals surface area contributed by atoms with Gasteiger partial charge in [-0.2, -0.15) is 0 Å². The third-order valence-electron chi connectivity index (χ3n) is 5.09. The molecule has 0 aliphatic carbocycles. The van der Waals surface area contributed by atoms with Gasteiger partial charge in [-0.05, 0) is 51.1 Å². The Labute approximate surface area is 179 Å². The summed E-state index contributed by atoms with van der Waals surface area (Å²) < 4.78 is 6.15. The number of ether oxygens (including phenoxy) is 1. The van der Waals surface area contributed by atoms with E-state index in [-0.39, 0.29) is 5.91 Å². The molecule has 158 valence electrons. The van der Waals surface area contributed by atoms with E-state index in [4.69, 9.17) is 4.74 Å². The van der Waals surface area contributed by atoms with Crippen molar-refractivity contribution in [1.29, 1.82) is 0 Å². The van der Waals surface area contributed by atoms with Crippen LogP contribution < -0.4 is 10.1 Å². The van der Waals surface area contributed by atoms with E-state index in [1.54, 1.807) is 24.2 Å². The van der Waals surface area contributed by atoms with Crippen LogP contribution in [0.4, 0.5) is 0 Å². The van der Waals surface area contributed by atoms with Crippen LogP contribution in [-0.2, 0) is 16.8 Å². The summed E-state index contributed by atoms with van der Waals surface area (Å²) in [6, 6.07) is 5.88. The molecule has 1 amide bonds. The summed E-state index contributed by atoms with van der Waals surface area (Å²) >= 11 is 1.76. The first-order valence-electron chi connectivity index (χ1n) is 10.4. The zero-order valence-corrected chi connectivity index (χ0v) is 19.4. The summed E-state index contributed by atoms with van der Waals surface area (Å²) in [7, 11) is 0. The topological polar surface area (TPSA) is 64.1 Å². The standard InChI is InChI=1S/C21H27N3O2S.C2H6/c1-6-21(13-16-14(3)22-11-9-17(16)26-21)19(25)24-20(4,5)18-12-15(27-7-2)8-10-23-18;1-2/h8-12H,6-7,13H2,1-5H3,(H,24,25);1-2H3. The Morgan fingerprint density at radius 2 is 1.93 bits per heavy atom. The van der Waals surface area contributed by atoms with Crippen molar-refractivity contribution in [3.05, 3.63) is 47.5 Å². The van der Waals surface area contributed by atoms with Crippen LogP contribution in [0.5, 0.6) is 5.75 Å². The van der Waals surface area contributed by atoms with Crippen LogP contribution in [0.1, 0.15) is 64.9 Å². The minimum Gasteiger partial charge on any atom is -0.477 e. The molecule has 1 unspecified atom stereocenters. The van der Waals surface area contributed by atoms with Gasteiger partial charge in [0.1, 0.15) is 5.75 Å². The van der Waals surface area contributed by atoms with Crippen molar-refractivity contribution < 1.29 is 9.53 Å². The van der Waals surface area contributed by atoms with Gasteiger partial charge in [0.15, 0.2) is 5.60 Å². The van der Waals surface area contributed by atoms with Gasteiger partial charge in [0, 0.05) is 35.0 Å². The monoisotopic (exact) mass is 415 g/mol. The number of hydrogen-bond acceptors (Lipinski definition) is 5. The fraction of sp³-hybridized carbons (Fsp3) is 0.522. The van der Waals surface area contributed by atoms with Gasteiger partial charge >= 0.3 is 0 Å². The molecule has 0 aromatic carbocycles. The maximum absolute atomic E-state index is 13.3. The lowest BCUT2D eigenvalue weighted by Gasteiger charge is -2.33. The predicted octanol–water partition coefficient (Wildman–Crippen LogP) is 5.06. The number of amides is 1. The lowest BCUT2D eigenvalue weighted by atomic mass is 9.90. The van der Waals surface area contributed by atoms with Crippen molar-refractivity contribution in [2.45, 2.75) is 77.3 Å². The Kier molecular flexibility index (Phi) is 7.69. The third kappa shape index (κ3) is 4.92. The second-order valence-electron chi connectivity index (χ2n) is 7.39. The Hall–Kier alpha value is -2.08. The smallest absolute Gasteiger partial charge is 0.265 e. The number of thioether (sulfide) groups is 1. The van der Waals surface area contributed by atoms with E-state index in [1.807, 2.05) is 59.7 Å². The number of fused-ring (bicyclic) bond motifs is 1. The second kappa shape index (κ2) is 9.61. The molecule has 3 rings (SSSR count). The molecule has 29 heavy (non-hydrogen) atoms. The van der Waals surface area contributed by atoms with Crippen molar-refractivity contribution in [3.8, 4) is 5.75 Å². The number of hydrogen-bond donors (Lipinski definition) is 1. The molecule has 1 aliphatic rings. The molecule has 2 aromatic rings. The summed E-state index contributed by atoms with van der Waals surface area (Å²) in [5, 5.41) is 3.17. The van der Waals surface area contributed by atoms with Crippen LogP contribution in [0.3, 0.4) is 0 Å². The van der Waals surface area contributed by atoms with Gasteiger partial charge in [-0.15, -0.1) is 11.8 Å². The normalized spacial score (nSPS) is 17.6. The summed E-state index contributed by atoms with van der Waals surface area (Å²) in [5.41, 5.74) is 1.28. The maximum Gasteiger partial charge on any atom is 0.265 e. The average molecular weight is 416 g/mol. The van der Waals surface area contributed by atoms with E-state index in [0.29, 0.717) is 12.8 Å². The fourth-order valence-electron chi connectivity index (χ4n) is 3.37. The SMILES string of the molecule is CC.CCSc1ccnc(C(C)(C)NC(=O)C2(CC)Cc3c(ccnc3C)O2)c1. The second-order valence-corrected chi connectivity index (χ2v) is 8.73. The molecule has 0 saturated heterocycles. The van der Waals surface area contributed by atoms with Crippen LogP contribution in [0.25, 0.3) is 0 Å². The molecule has 0 fully saturated rings. The molecule has 0 saturated carbocycles. The highest BCUT2D eigenvalue weighted by Crippen LogP contribution is 2.39. The van der Waals surface area contributed by atoms with Crippen LogP contribution in [0.15, 0.2) is 35.5 Å².